The second-order valence-electron chi connectivity index (χ2n) is 6.77. The Morgan fingerprint density at radius 2 is 1.83 bits per heavy atom. The molecule has 2 N–H and O–H groups in total. The molecule has 0 bridgehead atoms. The van der Waals surface area contributed by atoms with Crippen LogP contribution in [0.3, 0.4) is 0 Å². The highest BCUT2D eigenvalue weighted by Gasteiger charge is 2.13. The van der Waals surface area contributed by atoms with E-state index < -0.39 is 6.10 Å². The van der Waals surface area contributed by atoms with Crippen molar-refractivity contribution in [3.8, 4) is 17.2 Å². The quantitative estimate of drug-likeness (QED) is 0.396. The maximum Gasteiger partial charge on any atom is 0.163 e. The number of benzene rings is 2. The number of aliphatic hydroxyl groups is 1. The van der Waals surface area contributed by atoms with Crippen molar-refractivity contribution in [3.63, 3.8) is 0 Å². The van der Waals surface area contributed by atoms with Crippen LogP contribution < -0.4 is 19.5 Å². The second-order valence-corrected chi connectivity index (χ2v) is 6.77. The summed E-state index contributed by atoms with van der Waals surface area (Å²) in [5, 5.41) is 13.2. The molecule has 0 fully saturated rings. The van der Waals surface area contributed by atoms with Crippen molar-refractivity contribution in [2.24, 2.45) is 0 Å². The fourth-order valence-corrected chi connectivity index (χ4v) is 2.94. The van der Waals surface area contributed by atoms with Crippen molar-refractivity contribution in [2.45, 2.75) is 32.3 Å². The minimum atomic E-state index is -0.581. The van der Waals surface area contributed by atoms with Crippen LogP contribution in [0.5, 0.6) is 17.2 Å². The minimum Gasteiger partial charge on any atom is -0.493 e. The van der Waals surface area contributed by atoms with Crippen LogP contribution in [0, 0.1) is 0 Å². The Kier molecular flexibility index (Phi) is 9.47. The fourth-order valence-electron chi connectivity index (χ4n) is 2.94. The van der Waals surface area contributed by atoms with E-state index in [1.807, 2.05) is 24.3 Å². The molecule has 1 unspecified atom stereocenters. The van der Waals surface area contributed by atoms with Crippen molar-refractivity contribution in [1.29, 1.82) is 0 Å². The molecule has 2 aromatic rings. The topological polar surface area (TPSA) is 77.0 Å². The lowest BCUT2D eigenvalue weighted by molar-refractivity contribution is 0.0979. The molecule has 0 heterocycles. The van der Waals surface area contributed by atoms with E-state index >= 15 is 0 Å². The van der Waals surface area contributed by atoms with Crippen LogP contribution in [-0.4, -0.2) is 50.9 Å². The van der Waals surface area contributed by atoms with Gasteiger partial charge in [-0.3, -0.25) is 4.79 Å². The number of aliphatic hydroxyl groups excluding tert-OH is 1. The minimum absolute atomic E-state index is 0.0181. The number of hydrogen-bond acceptors (Lipinski definition) is 6. The van der Waals surface area contributed by atoms with E-state index in [1.165, 1.54) is 0 Å². The first kappa shape index (κ1) is 22.7. The number of methoxy groups -OCH3 is 2. The highest BCUT2D eigenvalue weighted by atomic mass is 16.5. The van der Waals surface area contributed by atoms with Crippen LogP contribution in [0.4, 0.5) is 0 Å². The molecule has 0 aliphatic rings. The lowest BCUT2D eigenvalue weighted by Gasteiger charge is -2.15. The molecule has 0 aromatic heterocycles. The van der Waals surface area contributed by atoms with Gasteiger partial charge in [0.15, 0.2) is 17.3 Å². The Bertz CT molecular complexity index is 778. The molecule has 1 atom stereocenters. The molecule has 29 heavy (non-hydrogen) atoms. The molecule has 0 radical (unpaired) electrons. The average molecular weight is 402 g/mol. The number of Topliss-reactive ketones (excluding diaryl/α,β-unsaturated/α-hetero) is 1. The summed E-state index contributed by atoms with van der Waals surface area (Å²) >= 11 is 0. The first-order valence-corrected chi connectivity index (χ1v) is 9.93. The summed E-state index contributed by atoms with van der Waals surface area (Å²) in [7, 11) is 3.11. The Labute approximate surface area is 172 Å². The van der Waals surface area contributed by atoms with Crippen molar-refractivity contribution < 1.29 is 24.1 Å². The average Bonchev–Trinajstić information content (AvgIpc) is 2.76. The van der Waals surface area contributed by atoms with E-state index in [0.29, 0.717) is 42.2 Å². The van der Waals surface area contributed by atoms with Gasteiger partial charge in [-0.15, -0.1) is 0 Å². The first-order valence-electron chi connectivity index (χ1n) is 9.93. The van der Waals surface area contributed by atoms with Crippen LogP contribution in [0.2, 0.25) is 0 Å². The van der Waals surface area contributed by atoms with E-state index in [1.54, 1.807) is 32.4 Å². The third-order valence-corrected chi connectivity index (χ3v) is 4.54. The van der Waals surface area contributed by atoms with E-state index in [-0.39, 0.29) is 12.4 Å². The lowest BCUT2D eigenvalue weighted by atomic mass is 10.0. The molecule has 2 rings (SSSR count). The maximum atomic E-state index is 12.6. The lowest BCUT2D eigenvalue weighted by Crippen LogP contribution is -2.31. The van der Waals surface area contributed by atoms with Crippen LogP contribution in [-0.2, 0) is 6.42 Å². The zero-order valence-electron chi connectivity index (χ0n) is 17.4. The molecule has 2 aromatic carbocycles. The number of aryl methyl sites for hydroxylation is 1. The summed E-state index contributed by atoms with van der Waals surface area (Å²) in [4.78, 5) is 12.6. The Balaban J connectivity index is 1.94. The number of nitrogens with one attached hydrogen (secondary N) is 1. The molecule has 0 aliphatic carbocycles. The Hall–Kier alpha value is -2.57. The summed E-state index contributed by atoms with van der Waals surface area (Å²) in [6, 6.07) is 12.8. The highest BCUT2D eigenvalue weighted by molar-refractivity contribution is 5.96. The van der Waals surface area contributed by atoms with Gasteiger partial charge < -0.3 is 24.6 Å². The van der Waals surface area contributed by atoms with E-state index in [0.717, 1.165) is 18.5 Å². The molecule has 0 saturated heterocycles. The van der Waals surface area contributed by atoms with Gasteiger partial charge in [0.25, 0.3) is 0 Å². The van der Waals surface area contributed by atoms with Gasteiger partial charge in [0, 0.05) is 18.5 Å². The summed E-state index contributed by atoms with van der Waals surface area (Å²) in [5.41, 5.74) is 1.52. The molecular weight excluding hydrogens is 370 g/mol. The molecule has 0 amide bonds. The first-order chi connectivity index (χ1) is 14.1. The van der Waals surface area contributed by atoms with Crippen LogP contribution >= 0.6 is 0 Å². The number of ketones is 1. The number of carbonyl (C=O) groups is 1. The summed E-state index contributed by atoms with van der Waals surface area (Å²) in [6.45, 7) is 3.65. The summed E-state index contributed by atoms with van der Waals surface area (Å²) in [5.74, 6) is 1.84. The maximum absolute atomic E-state index is 12.6. The molecule has 0 aliphatic heterocycles. The standard InChI is InChI=1S/C23H31NO5/c1-4-13-24-15-19(25)16-29-21-8-6-5-7-17(21)9-11-20(26)18-10-12-22(27-2)23(14-18)28-3/h5-8,10,12,14,19,24-25H,4,9,11,13,15-16H2,1-3H3. The van der Waals surface area contributed by atoms with Gasteiger partial charge in [-0.2, -0.15) is 0 Å². The van der Waals surface area contributed by atoms with Gasteiger partial charge >= 0.3 is 0 Å². The SMILES string of the molecule is CCCNCC(O)COc1ccccc1CCC(=O)c1ccc(OC)c(OC)c1. The normalized spacial score (nSPS) is 11.7. The van der Waals surface area contributed by atoms with Crippen LogP contribution in [0.1, 0.15) is 35.7 Å². The fraction of sp³-hybridized carbons (Fsp3) is 0.435. The van der Waals surface area contributed by atoms with Gasteiger partial charge in [-0.1, -0.05) is 25.1 Å². The third kappa shape index (κ3) is 7.07. The largest absolute Gasteiger partial charge is 0.493 e. The third-order valence-electron chi connectivity index (χ3n) is 4.54. The number of ether oxygens (including phenoxy) is 3. The highest BCUT2D eigenvalue weighted by Crippen LogP contribution is 2.28. The van der Waals surface area contributed by atoms with Gasteiger partial charge in [-0.05, 0) is 49.2 Å². The van der Waals surface area contributed by atoms with Crippen molar-refractivity contribution in [1.82, 2.24) is 5.32 Å². The van der Waals surface area contributed by atoms with Crippen molar-refractivity contribution >= 4 is 5.78 Å². The monoisotopic (exact) mass is 401 g/mol. The van der Waals surface area contributed by atoms with E-state index in [2.05, 4.69) is 12.2 Å². The van der Waals surface area contributed by atoms with Gasteiger partial charge in [0.2, 0.25) is 0 Å². The van der Waals surface area contributed by atoms with Gasteiger partial charge in [-0.25, -0.2) is 0 Å². The molecular formula is C23H31NO5. The zero-order valence-corrected chi connectivity index (χ0v) is 17.4. The summed E-state index contributed by atoms with van der Waals surface area (Å²) < 4.78 is 16.3. The van der Waals surface area contributed by atoms with E-state index in [4.69, 9.17) is 14.2 Å². The predicted octanol–water partition coefficient (Wildman–Crippen LogP) is 3.26. The molecule has 6 heteroatoms. The van der Waals surface area contributed by atoms with Gasteiger partial charge in [0.1, 0.15) is 18.5 Å². The number of rotatable bonds is 13. The van der Waals surface area contributed by atoms with Crippen LogP contribution in [0.25, 0.3) is 0 Å². The molecule has 6 nitrogen and oxygen atoms in total. The number of para-hydroxylation sites is 1. The Morgan fingerprint density at radius 3 is 2.55 bits per heavy atom. The number of carbonyl (C=O) groups excluding carboxylic acids is 1. The zero-order chi connectivity index (χ0) is 21.1. The smallest absolute Gasteiger partial charge is 0.163 e. The van der Waals surface area contributed by atoms with Crippen LogP contribution in [0.15, 0.2) is 42.5 Å². The summed E-state index contributed by atoms with van der Waals surface area (Å²) in [6.07, 6.45) is 1.33. The van der Waals surface area contributed by atoms with Crippen molar-refractivity contribution in [3.05, 3.63) is 53.6 Å². The van der Waals surface area contributed by atoms with E-state index in [9.17, 15) is 9.90 Å². The Morgan fingerprint density at radius 1 is 1.07 bits per heavy atom. The number of hydrogen-bond donors (Lipinski definition) is 2. The molecule has 0 saturated carbocycles. The predicted molar refractivity (Wildman–Crippen MR) is 113 cm³/mol. The molecule has 0 spiro atoms. The second kappa shape index (κ2) is 12.1. The van der Waals surface area contributed by atoms with Crippen molar-refractivity contribution in [2.75, 3.05) is 33.9 Å². The van der Waals surface area contributed by atoms with Gasteiger partial charge in [0.05, 0.1) is 14.2 Å². The molecule has 158 valence electrons.